The number of rotatable bonds is 5. The predicted molar refractivity (Wildman–Crippen MR) is 64.7 cm³/mol. The number of hydrogen-bond donors (Lipinski definition) is 0. The van der Waals surface area contributed by atoms with Crippen LogP contribution in [0.2, 0.25) is 0 Å². The minimum atomic E-state index is -0.0244. The van der Waals surface area contributed by atoms with Gasteiger partial charge in [0.2, 0.25) is 5.91 Å². The molecular weight excluding hydrogens is 242 g/mol. The lowest BCUT2D eigenvalue weighted by Gasteiger charge is -2.30. The normalized spacial score (nSPS) is 13.4. The fourth-order valence-electron chi connectivity index (χ4n) is 1.30. The molecule has 0 saturated carbocycles. The third-order valence-electron chi connectivity index (χ3n) is 2.09. The molecule has 0 saturated heterocycles. The van der Waals surface area contributed by atoms with Gasteiger partial charge < -0.3 is 4.90 Å². The second kappa shape index (κ2) is 6.44. The zero-order valence-corrected chi connectivity index (χ0v) is 11.5. The lowest BCUT2D eigenvalue weighted by Crippen LogP contribution is -2.43. The van der Waals surface area contributed by atoms with Gasteiger partial charge in [0.05, 0.1) is 4.83 Å². The fraction of sp³-hybridized carbons (Fsp3) is 0.909. The number of alkyl halides is 1. The lowest BCUT2D eigenvalue weighted by molar-refractivity contribution is -0.132. The maximum absolute atomic E-state index is 11.9. The quantitative estimate of drug-likeness (QED) is 0.699. The van der Waals surface area contributed by atoms with Gasteiger partial charge in [0.1, 0.15) is 0 Å². The zero-order valence-electron chi connectivity index (χ0n) is 9.88. The molecule has 3 heteroatoms. The Morgan fingerprint density at radius 3 is 2.07 bits per heavy atom. The van der Waals surface area contributed by atoms with Crippen LogP contribution in [0.25, 0.3) is 0 Å². The van der Waals surface area contributed by atoms with Crippen molar-refractivity contribution >= 4 is 21.8 Å². The molecule has 0 aromatic carbocycles. The summed E-state index contributed by atoms with van der Waals surface area (Å²) in [7, 11) is 0. The van der Waals surface area contributed by atoms with E-state index in [9.17, 15) is 4.79 Å². The van der Waals surface area contributed by atoms with Gasteiger partial charge in [-0.15, -0.1) is 0 Å². The Kier molecular flexibility index (Phi) is 6.41. The first-order valence-electron chi connectivity index (χ1n) is 5.34. The van der Waals surface area contributed by atoms with Crippen LogP contribution < -0.4 is 0 Å². The van der Waals surface area contributed by atoms with Crippen molar-refractivity contribution < 1.29 is 4.79 Å². The summed E-state index contributed by atoms with van der Waals surface area (Å²) in [5, 5.41) is 0. The molecule has 0 N–H and O–H groups in total. The Labute approximate surface area is 96.2 Å². The van der Waals surface area contributed by atoms with Crippen molar-refractivity contribution in [2.75, 3.05) is 6.54 Å². The standard InChI is InChI=1S/C11H22BrNO/c1-6-10(12)11(14)13(9(4)5)7-8(2)3/h8-10H,6-7H2,1-5H3. The number of hydrogen-bond acceptors (Lipinski definition) is 1. The molecule has 0 aromatic rings. The van der Waals surface area contributed by atoms with Crippen molar-refractivity contribution in [3.8, 4) is 0 Å². The van der Waals surface area contributed by atoms with E-state index in [4.69, 9.17) is 0 Å². The van der Waals surface area contributed by atoms with Gasteiger partial charge in [0, 0.05) is 12.6 Å². The monoisotopic (exact) mass is 263 g/mol. The summed E-state index contributed by atoms with van der Waals surface area (Å²) in [4.78, 5) is 13.9. The van der Waals surface area contributed by atoms with Crippen molar-refractivity contribution in [3.63, 3.8) is 0 Å². The maximum atomic E-state index is 11.9. The van der Waals surface area contributed by atoms with Crippen LogP contribution in [0.4, 0.5) is 0 Å². The maximum Gasteiger partial charge on any atom is 0.236 e. The highest BCUT2D eigenvalue weighted by atomic mass is 79.9. The van der Waals surface area contributed by atoms with Crippen molar-refractivity contribution in [2.24, 2.45) is 5.92 Å². The zero-order chi connectivity index (χ0) is 11.3. The minimum absolute atomic E-state index is 0.0244. The highest BCUT2D eigenvalue weighted by Gasteiger charge is 2.23. The van der Waals surface area contributed by atoms with Crippen LogP contribution in [0, 0.1) is 5.92 Å². The van der Waals surface area contributed by atoms with Gasteiger partial charge in [0.15, 0.2) is 0 Å². The van der Waals surface area contributed by atoms with E-state index >= 15 is 0 Å². The molecule has 0 aromatic heterocycles. The number of amides is 1. The van der Waals surface area contributed by atoms with Crippen LogP contribution in [0.1, 0.15) is 41.0 Å². The number of nitrogens with zero attached hydrogens (tertiary/aromatic N) is 1. The van der Waals surface area contributed by atoms with E-state index in [1.807, 2.05) is 11.8 Å². The molecule has 0 radical (unpaired) electrons. The Hall–Kier alpha value is -0.0500. The third kappa shape index (κ3) is 4.45. The number of carbonyl (C=O) groups is 1. The minimum Gasteiger partial charge on any atom is -0.339 e. The predicted octanol–water partition coefficient (Wildman–Crippen LogP) is 3.05. The first-order chi connectivity index (χ1) is 6.40. The summed E-state index contributed by atoms with van der Waals surface area (Å²) in [6, 6.07) is 0.288. The second-order valence-electron chi connectivity index (χ2n) is 4.35. The molecule has 0 heterocycles. The molecule has 0 aliphatic rings. The number of halogens is 1. The molecule has 0 aliphatic carbocycles. The van der Waals surface area contributed by atoms with Crippen molar-refractivity contribution in [3.05, 3.63) is 0 Å². The Morgan fingerprint density at radius 2 is 1.79 bits per heavy atom. The van der Waals surface area contributed by atoms with E-state index in [2.05, 4.69) is 43.6 Å². The van der Waals surface area contributed by atoms with Crippen molar-refractivity contribution in [1.29, 1.82) is 0 Å². The molecule has 84 valence electrons. The van der Waals surface area contributed by atoms with E-state index in [-0.39, 0.29) is 16.8 Å². The SMILES string of the molecule is CCC(Br)C(=O)N(CC(C)C)C(C)C. The Balaban J connectivity index is 4.41. The van der Waals surface area contributed by atoms with Crippen LogP contribution in [0.3, 0.4) is 0 Å². The summed E-state index contributed by atoms with van der Waals surface area (Å²) >= 11 is 3.41. The molecule has 1 unspecified atom stereocenters. The van der Waals surface area contributed by atoms with Gasteiger partial charge in [0.25, 0.3) is 0 Å². The van der Waals surface area contributed by atoms with Crippen LogP contribution >= 0.6 is 15.9 Å². The van der Waals surface area contributed by atoms with Crippen molar-refractivity contribution in [1.82, 2.24) is 4.90 Å². The highest BCUT2D eigenvalue weighted by Crippen LogP contribution is 2.13. The van der Waals surface area contributed by atoms with Gasteiger partial charge in [-0.05, 0) is 26.2 Å². The van der Waals surface area contributed by atoms with E-state index in [0.717, 1.165) is 13.0 Å². The van der Waals surface area contributed by atoms with Gasteiger partial charge in [-0.25, -0.2) is 0 Å². The molecular formula is C11H22BrNO. The van der Waals surface area contributed by atoms with Gasteiger partial charge in [-0.1, -0.05) is 36.7 Å². The molecule has 14 heavy (non-hydrogen) atoms. The largest absolute Gasteiger partial charge is 0.339 e. The van der Waals surface area contributed by atoms with Crippen LogP contribution in [0.5, 0.6) is 0 Å². The summed E-state index contributed by atoms with van der Waals surface area (Å²) in [5.41, 5.74) is 0. The first kappa shape index (κ1) is 13.9. The molecule has 1 amide bonds. The Bertz CT molecular complexity index is 180. The molecule has 0 fully saturated rings. The highest BCUT2D eigenvalue weighted by molar-refractivity contribution is 9.10. The van der Waals surface area contributed by atoms with Gasteiger partial charge in [-0.3, -0.25) is 4.79 Å². The summed E-state index contributed by atoms with van der Waals surface area (Å²) in [6.45, 7) is 11.3. The second-order valence-corrected chi connectivity index (χ2v) is 5.46. The summed E-state index contributed by atoms with van der Waals surface area (Å²) in [5.74, 6) is 0.745. The van der Waals surface area contributed by atoms with Crippen LogP contribution in [-0.2, 0) is 4.79 Å². The topological polar surface area (TPSA) is 20.3 Å². The molecule has 0 spiro atoms. The summed E-state index contributed by atoms with van der Waals surface area (Å²) < 4.78 is 0. The molecule has 0 rings (SSSR count). The smallest absolute Gasteiger partial charge is 0.236 e. The molecule has 0 bridgehead atoms. The van der Waals surface area contributed by atoms with E-state index in [0.29, 0.717) is 5.92 Å². The van der Waals surface area contributed by atoms with E-state index < -0.39 is 0 Å². The average Bonchev–Trinajstić information content (AvgIpc) is 2.11. The van der Waals surface area contributed by atoms with E-state index in [1.54, 1.807) is 0 Å². The number of carbonyl (C=O) groups excluding carboxylic acids is 1. The average molecular weight is 264 g/mol. The van der Waals surface area contributed by atoms with Crippen LogP contribution in [0.15, 0.2) is 0 Å². The lowest BCUT2D eigenvalue weighted by atomic mass is 10.1. The van der Waals surface area contributed by atoms with Crippen LogP contribution in [-0.4, -0.2) is 28.2 Å². The van der Waals surface area contributed by atoms with Crippen molar-refractivity contribution in [2.45, 2.75) is 51.9 Å². The Morgan fingerprint density at radius 1 is 1.29 bits per heavy atom. The molecule has 1 atom stereocenters. The van der Waals surface area contributed by atoms with E-state index in [1.165, 1.54) is 0 Å². The molecule has 2 nitrogen and oxygen atoms in total. The third-order valence-corrected chi connectivity index (χ3v) is 3.13. The van der Waals surface area contributed by atoms with Gasteiger partial charge in [-0.2, -0.15) is 0 Å². The fourth-order valence-corrected chi connectivity index (χ4v) is 1.57. The summed E-state index contributed by atoms with van der Waals surface area (Å²) in [6.07, 6.45) is 0.847. The van der Waals surface area contributed by atoms with Gasteiger partial charge >= 0.3 is 0 Å². The molecule has 0 aliphatic heterocycles. The first-order valence-corrected chi connectivity index (χ1v) is 6.26.